The monoisotopic (exact) mass is 243 g/mol. The molecule has 0 fully saturated rings. The lowest BCUT2D eigenvalue weighted by Crippen LogP contribution is -2.09. The molecule has 0 aromatic carbocycles. The Morgan fingerprint density at radius 3 is 2.88 bits per heavy atom. The van der Waals surface area contributed by atoms with E-state index in [-0.39, 0.29) is 11.7 Å². The Labute approximate surface area is 99.4 Å². The SMILES string of the molecule is Cc1nc(SCC(=O)OCCC(C)C)n[nH]1. The number of rotatable bonds is 6. The number of nitrogens with zero attached hydrogens (tertiary/aromatic N) is 2. The number of esters is 1. The minimum absolute atomic E-state index is 0.215. The van der Waals surface area contributed by atoms with Crippen LogP contribution in [0.1, 0.15) is 26.1 Å². The van der Waals surface area contributed by atoms with Gasteiger partial charge in [-0.2, -0.15) is 0 Å². The van der Waals surface area contributed by atoms with Gasteiger partial charge in [0.2, 0.25) is 5.16 Å². The van der Waals surface area contributed by atoms with Crippen LogP contribution in [-0.2, 0) is 9.53 Å². The summed E-state index contributed by atoms with van der Waals surface area (Å²) in [6, 6.07) is 0. The van der Waals surface area contributed by atoms with Crippen LogP contribution in [0.5, 0.6) is 0 Å². The first-order valence-electron chi connectivity index (χ1n) is 5.25. The van der Waals surface area contributed by atoms with Crippen LogP contribution in [0.3, 0.4) is 0 Å². The van der Waals surface area contributed by atoms with Gasteiger partial charge < -0.3 is 4.74 Å². The molecule has 90 valence electrons. The Kier molecular flexibility index (Phi) is 5.31. The van der Waals surface area contributed by atoms with E-state index in [1.54, 1.807) is 0 Å². The lowest BCUT2D eigenvalue weighted by molar-refractivity contribution is -0.140. The molecular weight excluding hydrogens is 226 g/mol. The molecule has 1 N–H and O–H groups in total. The predicted molar refractivity (Wildman–Crippen MR) is 62.3 cm³/mol. The zero-order valence-electron chi connectivity index (χ0n) is 9.82. The third-order valence-electron chi connectivity index (χ3n) is 1.85. The Morgan fingerprint density at radius 2 is 2.31 bits per heavy atom. The second-order valence-electron chi connectivity index (χ2n) is 3.90. The van der Waals surface area contributed by atoms with E-state index in [0.29, 0.717) is 17.7 Å². The van der Waals surface area contributed by atoms with Gasteiger partial charge >= 0.3 is 5.97 Å². The predicted octanol–water partition coefficient (Wildman–Crippen LogP) is 1.79. The molecule has 0 bridgehead atoms. The van der Waals surface area contributed by atoms with Gasteiger partial charge in [0, 0.05) is 0 Å². The second-order valence-corrected chi connectivity index (χ2v) is 4.84. The number of H-pyrrole nitrogens is 1. The van der Waals surface area contributed by atoms with Gasteiger partial charge in [0.25, 0.3) is 0 Å². The van der Waals surface area contributed by atoms with Gasteiger partial charge in [0.15, 0.2) is 0 Å². The topological polar surface area (TPSA) is 67.9 Å². The van der Waals surface area contributed by atoms with Gasteiger partial charge in [-0.15, -0.1) is 5.10 Å². The average Bonchev–Trinajstić information content (AvgIpc) is 2.61. The fraction of sp³-hybridized carbons (Fsp3) is 0.700. The maximum Gasteiger partial charge on any atom is 0.316 e. The molecule has 1 aromatic heterocycles. The van der Waals surface area contributed by atoms with Crippen molar-refractivity contribution in [3.8, 4) is 0 Å². The Morgan fingerprint density at radius 1 is 1.56 bits per heavy atom. The first-order chi connectivity index (χ1) is 7.58. The average molecular weight is 243 g/mol. The molecule has 6 heteroatoms. The van der Waals surface area contributed by atoms with Crippen LogP contribution in [0.4, 0.5) is 0 Å². The van der Waals surface area contributed by atoms with Crippen molar-refractivity contribution >= 4 is 17.7 Å². The Hall–Kier alpha value is -1.04. The van der Waals surface area contributed by atoms with Gasteiger partial charge in [-0.25, -0.2) is 4.98 Å². The van der Waals surface area contributed by atoms with Crippen LogP contribution in [0.2, 0.25) is 0 Å². The first kappa shape index (κ1) is 13.0. The third-order valence-corrected chi connectivity index (χ3v) is 2.67. The van der Waals surface area contributed by atoms with E-state index in [1.807, 2.05) is 6.92 Å². The van der Waals surface area contributed by atoms with E-state index in [9.17, 15) is 4.79 Å². The molecule has 0 unspecified atom stereocenters. The van der Waals surface area contributed by atoms with E-state index >= 15 is 0 Å². The molecule has 1 rings (SSSR count). The smallest absolute Gasteiger partial charge is 0.316 e. The zero-order chi connectivity index (χ0) is 12.0. The van der Waals surface area contributed by atoms with Crippen molar-refractivity contribution in [2.45, 2.75) is 32.3 Å². The van der Waals surface area contributed by atoms with Crippen molar-refractivity contribution in [2.24, 2.45) is 5.92 Å². The summed E-state index contributed by atoms with van der Waals surface area (Å²) >= 11 is 1.28. The molecule has 5 nitrogen and oxygen atoms in total. The van der Waals surface area contributed by atoms with Gasteiger partial charge in [-0.3, -0.25) is 9.89 Å². The summed E-state index contributed by atoms with van der Waals surface area (Å²) in [4.78, 5) is 15.4. The van der Waals surface area contributed by atoms with Crippen LogP contribution in [0.15, 0.2) is 5.16 Å². The molecule has 0 aliphatic carbocycles. The van der Waals surface area contributed by atoms with E-state index in [4.69, 9.17) is 4.74 Å². The molecule has 0 atom stereocenters. The highest BCUT2D eigenvalue weighted by Gasteiger charge is 2.07. The molecule has 1 heterocycles. The standard InChI is InChI=1S/C10H17N3O2S/c1-7(2)4-5-15-9(14)6-16-10-11-8(3)12-13-10/h7H,4-6H2,1-3H3,(H,11,12,13). The Balaban J connectivity index is 2.15. The van der Waals surface area contributed by atoms with Crippen LogP contribution in [0, 0.1) is 12.8 Å². The number of ether oxygens (including phenoxy) is 1. The van der Waals surface area contributed by atoms with Crippen molar-refractivity contribution in [1.82, 2.24) is 15.2 Å². The maximum atomic E-state index is 11.3. The minimum atomic E-state index is -0.215. The van der Waals surface area contributed by atoms with Gasteiger partial charge in [-0.1, -0.05) is 25.6 Å². The molecule has 1 aromatic rings. The van der Waals surface area contributed by atoms with Crippen molar-refractivity contribution < 1.29 is 9.53 Å². The van der Waals surface area contributed by atoms with E-state index in [2.05, 4.69) is 29.0 Å². The number of aromatic nitrogens is 3. The normalized spacial score (nSPS) is 10.8. The molecular formula is C10H17N3O2S. The largest absolute Gasteiger partial charge is 0.465 e. The van der Waals surface area contributed by atoms with E-state index < -0.39 is 0 Å². The molecule has 0 spiro atoms. The third kappa shape index (κ3) is 5.16. The summed E-state index contributed by atoms with van der Waals surface area (Å²) < 4.78 is 5.06. The molecule has 16 heavy (non-hydrogen) atoms. The van der Waals surface area contributed by atoms with Crippen molar-refractivity contribution in [3.63, 3.8) is 0 Å². The summed E-state index contributed by atoms with van der Waals surface area (Å²) in [5, 5.41) is 7.21. The van der Waals surface area contributed by atoms with Crippen LogP contribution < -0.4 is 0 Å². The number of hydrogen-bond acceptors (Lipinski definition) is 5. The number of thioether (sulfide) groups is 1. The highest BCUT2D eigenvalue weighted by Crippen LogP contribution is 2.12. The van der Waals surface area contributed by atoms with Gasteiger partial charge in [0.1, 0.15) is 5.82 Å². The number of nitrogens with one attached hydrogen (secondary N) is 1. The van der Waals surface area contributed by atoms with E-state index in [0.717, 1.165) is 12.2 Å². The van der Waals surface area contributed by atoms with Crippen molar-refractivity contribution in [3.05, 3.63) is 5.82 Å². The molecule has 0 radical (unpaired) electrons. The lowest BCUT2D eigenvalue weighted by atomic mass is 10.1. The summed E-state index contributed by atoms with van der Waals surface area (Å²) in [5.74, 6) is 1.34. The molecule has 0 amide bonds. The minimum Gasteiger partial charge on any atom is -0.465 e. The summed E-state index contributed by atoms with van der Waals surface area (Å²) in [5.41, 5.74) is 0. The summed E-state index contributed by atoms with van der Waals surface area (Å²) in [7, 11) is 0. The van der Waals surface area contributed by atoms with E-state index in [1.165, 1.54) is 11.8 Å². The Bertz CT molecular complexity index is 339. The fourth-order valence-electron chi connectivity index (χ4n) is 0.960. The lowest BCUT2D eigenvalue weighted by Gasteiger charge is -2.05. The quantitative estimate of drug-likeness (QED) is 0.609. The number of aryl methyl sites for hydroxylation is 1. The highest BCUT2D eigenvalue weighted by atomic mass is 32.2. The number of hydrogen-bond donors (Lipinski definition) is 1. The number of carbonyl (C=O) groups is 1. The van der Waals surface area contributed by atoms with Gasteiger partial charge in [0.05, 0.1) is 12.4 Å². The summed E-state index contributed by atoms with van der Waals surface area (Å²) in [6.07, 6.45) is 0.899. The molecule has 0 saturated heterocycles. The van der Waals surface area contributed by atoms with Crippen molar-refractivity contribution in [1.29, 1.82) is 0 Å². The maximum absolute atomic E-state index is 11.3. The summed E-state index contributed by atoms with van der Waals surface area (Å²) in [6.45, 7) is 6.50. The van der Waals surface area contributed by atoms with Crippen LogP contribution >= 0.6 is 11.8 Å². The number of carbonyl (C=O) groups excluding carboxylic acids is 1. The van der Waals surface area contributed by atoms with Crippen LogP contribution in [-0.4, -0.2) is 33.5 Å². The van der Waals surface area contributed by atoms with Crippen molar-refractivity contribution in [2.75, 3.05) is 12.4 Å². The zero-order valence-corrected chi connectivity index (χ0v) is 10.6. The number of aromatic amines is 1. The van der Waals surface area contributed by atoms with Gasteiger partial charge in [-0.05, 0) is 19.3 Å². The first-order valence-corrected chi connectivity index (χ1v) is 6.24. The van der Waals surface area contributed by atoms with Crippen LogP contribution in [0.25, 0.3) is 0 Å². The second kappa shape index (κ2) is 6.52. The fourth-order valence-corrected chi connectivity index (χ4v) is 1.60. The highest BCUT2D eigenvalue weighted by molar-refractivity contribution is 7.99. The molecule has 0 aliphatic heterocycles. The molecule has 0 saturated carbocycles. The molecule has 0 aliphatic rings.